The molecule has 0 aliphatic carbocycles. The van der Waals surface area contributed by atoms with Crippen LogP contribution in [0.1, 0.15) is 13.8 Å². The van der Waals surface area contributed by atoms with Gasteiger partial charge in [0.2, 0.25) is 5.91 Å². The zero-order valence-electron chi connectivity index (χ0n) is 14.2. The normalized spacial score (nSPS) is 11.1. The Kier molecular flexibility index (Phi) is 6.39. The summed E-state index contributed by atoms with van der Waals surface area (Å²) >= 11 is 0. The number of hydrogen-bond donors (Lipinski definition) is 0. The maximum Gasteiger partial charge on any atom is 0.237 e. The summed E-state index contributed by atoms with van der Waals surface area (Å²) in [5.74, 6) is -0.0450. The molecule has 1 amide bonds. The van der Waals surface area contributed by atoms with Gasteiger partial charge in [-0.1, -0.05) is 18.2 Å². The number of rotatable bonds is 7. The Morgan fingerprint density at radius 1 is 1.14 bits per heavy atom. The van der Waals surface area contributed by atoms with Crippen LogP contribution in [0, 0.1) is 11.3 Å². The summed E-state index contributed by atoms with van der Waals surface area (Å²) in [7, 11) is 5.63. The largest absolute Gasteiger partial charge is 0.373 e. The SMILES string of the molecule is CN(CCN(C)c1ccccc1)CC(=O)N(C)C(C)(C)C#N. The molecule has 0 heterocycles. The first-order valence-electron chi connectivity index (χ1n) is 7.40. The highest BCUT2D eigenvalue weighted by atomic mass is 16.2. The van der Waals surface area contributed by atoms with Gasteiger partial charge >= 0.3 is 0 Å². The lowest BCUT2D eigenvalue weighted by atomic mass is 10.1. The van der Waals surface area contributed by atoms with E-state index in [-0.39, 0.29) is 5.91 Å². The summed E-state index contributed by atoms with van der Waals surface area (Å²) in [6.45, 7) is 5.41. The van der Waals surface area contributed by atoms with E-state index in [2.05, 4.69) is 23.1 Å². The fourth-order valence-electron chi connectivity index (χ4n) is 1.94. The Morgan fingerprint density at radius 2 is 1.73 bits per heavy atom. The monoisotopic (exact) mass is 302 g/mol. The van der Waals surface area contributed by atoms with E-state index in [4.69, 9.17) is 5.26 Å². The maximum atomic E-state index is 12.2. The van der Waals surface area contributed by atoms with Crippen molar-refractivity contribution in [1.82, 2.24) is 9.80 Å². The van der Waals surface area contributed by atoms with Crippen LogP contribution in [-0.2, 0) is 4.79 Å². The van der Waals surface area contributed by atoms with Crippen molar-refractivity contribution >= 4 is 11.6 Å². The van der Waals surface area contributed by atoms with Crippen molar-refractivity contribution in [2.75, 3.05) is 45.7 Å². The number of carbonyl (C=O) groups excluding carboxylic acids is 1. The first-order valence-corrected chi connectivity index (χ1v) is 7.40. The molecule has 1 aromatic rings. The number of nitriles is 1. The highest BCUT2D eigenvalue weighted by Crippen LogP contribution is 2.12. The van der Waals surface area contributed by atoms with E-state index < -0.39 is 5.54 Å². The number of para-hydroxylation sites is 1. The highest BCUT2D eigenvalue weighted by Gasteiger charge is 2.27. The third-order valence-electron chi connectivity index (χ3n) is 3.91. The van der Waals surface area contributed by atoms with E-state index in [1.807, 2.05) is 37.2 Å². The molecule has 0 unspecified atom stereocenters. The molecule has 0 radical (unpaired) electrons. The first kappa shape index (κ1) is 18.0. The van der Waals surface area contributed by atoms with Gasteiger partial charge in [-0.25, -0.2) is 0 Å². The molecule has 0 spiro atoms. The third-order valence-corrected chi connectivity index (χ3v) is 3.91. The van der Waals surface area contributed by atoms with Crippen LogP contribution in [-0.4, -0.2) is 62.0 Å². The van der Waals surface area contributed by atoms with Gasteiger partial charge in [-0.3, -0.25) is 9.69 Å². The van der Waals surface area contributed by atoms with Crippen molar-refractivity contribution in [2.24, 2.45) is 0 Å². The van der Waals surface area contributed by atoms with Gasteiger partial charge in [0.1, 0.15) is 5.54 Å². The van der Waals surface area contributed by atoms with Crippen molar-refractivity contribution in [1.29, 1.82) is 5.26 Å². The number of nitrogens with zero attached hydrogens (tertiary/aromatic N) is 4. The maximum absolute atomic E-state index is 12.2. The van der Waals surface area contributed by atoms with Gasteiger partial charge in [0, 0.05) is 32.9 Å². The fraction of sp³-hybridized carbons (Fsp3) is 0.529. The highest BCUT2D eigenvalue weighted by molar-refractivity contribution is 5.79. The standard InChI is InChI=1S/C17H26N4O/c1-17(2,14-18)21(5)16(22)13-19(3)11-12-20(4)15-9-7-6-8-10-15/h6-10H,11-13H2,1-5H3. The van der Waals surface area contributed by atoms with Crippen LogP contribution < -0.4 is 4.90 Å². The van der Waals surface area contributed by atoms with Gasteiger partial charge in [-0.05, 0) is 33.0 Å². The molecular formula is C17H26N4O. The average molecular weight is 302 g/mol. The topological polar surface area (TPSA) is 50.6 Å². The van der Waals surface area contributed by atoms with Crippen molar-refractivity contribution in [3.05, 3.63) is 30.3 Å². The van der Waals surface area contributed by atoms with Crippen LogP contribution in [0.3, 0.4) is 0 Å². The molecule has 22 heavy (non-hydrogen) atoms. The molecule has 0 aliphatic rings. The molecule has 0 bridgehead atoms. The molecule has 0 fully saturated rings. The van der Waals surface area contributed by atoms with E-state index in [1.165, 1.54) is 4.90 Å². The van der Waals surface area contributed by atoms with Crippen LogP contribution in [0.5, 0.6) is 0 Å². The van der Waals surface area contributed by atoms with E-state index in [1.54, 1.807) is 20.9 Å². The van der Waals surface area contributed by atoms with Crippen LogP contribution in [0.4, 0.5) is 5.69 Å². The molecule has 5 nitrogen and oxygen atoms in total. The molecule has 1 rings (SSSR count). The number of carbonyl (C=O) groups is 1. The summed E-state index contributed by atoms with van der Waals surface area (Å²) in [6, 6.07) is 12.3. The Morgan fingerprint density at radius 3 is 2.27 bits per heavy atom. The smallest absolute Gasteiger partial charge is 0.237 e. The number of hydrogen-bond acceptors (Lipinski definition) is 4. The lowest BCUT2D eigenvalue weighted by Crippen LogP contribution is -2.48. The lowest BCUT2D eigenvalue weighted by molar-refractivity contribution is -0.133. The molecule has 0 aliphatic heterocycles. The Hall–Kier alpha value is -2.06. The minimum absolute atomic E-state index is 0.0450. The van der Waals surface area contributed by atoms with Gasteiger partial charge in [-0.15, -0.1) is 0 Å². The van der Waals surface area contributed by atoms with E-state index in [0.29, 0.717) is 6.54 Å². The number of benzene rings is 1. The van der Waals surface area contributed by atoms with Gasteiger partial charge in [0.25, 0.3) is 0 Å². The van der Waals surface area contributed by atoms with Crippen molar-refractivity contribution in [2.45, 2.75) is 19.4 Å². The van der Waals surface area contributed by atoms with Crippen molar-refractivity contribution in [3.8, 4) is 6.07 Å². The van der Waals surface area contributed by atoms with E-state index in [0.717, 1.165) is 18.8 Å². The van der Waals surface area contributed by atoms with Crippen LogP contribution in [0.2, 0.25) is 0 Å². The van der Waals surface area contributed by atoms with Crippen molar-refractivity contribution < 1.29 is 4.79 Å². The Bertz CT molecular complexity index is 521. The van der Waals surface area contributed by atoms with Crippen LogP contribution in [0.15, 0.2) is 30.3 Å². The second kappa shape index (κ2) is 7.81. The average Bonchev–Trinajstić information content (AvgIpc) is 2.52. The molecule has 120 valence electrons. The summed E-state index contributed by atoms with van der Waals surface area (Å²) in [5.41, 5.74) is 0.378. The fourth-order valence-corrected chi connectivity index (χ4v) is 1.94. The van der Waals surface area contributed by atoms with Gasteiger partial charge < -0.3 is 9.80 Å². The summed E-state index contributed by atoms with van der Waals surface area (Å²) in [6.07, 6.45) is 0. The molecule has 0 aromatic heterocycles. The predicted octanol–water partition coefficient (Wildman–Crippen LogP) is 1.82. The second-order valence-electron chi connectivity index (χ2n) is 6.12. The lowest BCUT2D eigenvalue weighted by Gasteiger charge is -2.31. The number of likely N-dealkylation sites (N-methyl/N-ethyl adjacent to an activating group) is 3. The second-order valence-corrected chi connectivity index (χ2v) is 6.12. The van der Waals surface area contributed by atoms with Gasteiger partial charge in [0.05, 0.1) is 12.6 Å². The van der Waals surface area contributed by atoms with Gasteiger partial charge in [0.15, 0.2) is 0 Å². The quantitative estimate of drug-likeness (QED) is 0.771. The van der Waals surface area contributed by atoms with Crippen LogP contribution in [0.25, 0.3) is 0 Å². The minimum atomic E-state index is -0.779. The van der Waals surface area contributed by atoms with E-state index >= 15 is 0 Å². The summed E-state index contributed by atoms with van der Waals surface area (Å²) < 4.78 is 0. The van der Waals surface area contributed by atoms with E-state index in [9.17, 15) is 4.79 Å². The van der Waals surface area contributed by atoms with Crippen LogP contribution >= 0.6 is 0 Å². The number of amides is 1. The molecule has 0 atom stereocenters. The van der Waals surface area contributed by atoms with Gasteiger partial charge in [-0.2, -0.15) is 5.26 Å². The zero-order chi connectivity index (χ0) is 16.8. The molecule has 5 heteroatoms. The predicted molar refractivity (Wildman–Crippen MR) is 89.7 cm³/mol. The zero-order valence-corrected chi connectivity index (χ0v) is 14.2. The number of anilines is 1. The molecule has 0 saturated heterocycles. The first-order chi connectivity index (χ1) is 10.3. The molecule has 0 N–H and O–H groups in total. The summed E-state index contributed by atoms with van der Waals surface area (Å²) in [5, 5.41) is 9.09. The third kappa shape index (κ3) is 5.05. The Labute approximate surface area is 133 Å². The summed E-state index contributed by atoms with van der Waals surface area (Å²) in [4.78, 5) is 17.8. The molecule has 1 aromatic carbocycles. The Balaban J connectivity index is 2.45. The molecule has 0 saturated carbocycles. The minimum Gasteiger partial charge on any atom is -0.373 e. The van der Waals surface area contributed by atoms with Crippen molar-refractivity contribution in [3.63, 3.8) is 0 Å². The molecular weight excluding hydrogens is 276 g/mol.